The third-order valence-corrected chi connectivity index (χ3v) is 4.48. The highest BCUT2D eigenvalue weighted by Gasteiger charge is 2.49. The Balaban J connectivity index is 1.94. The van der Waals surface area contributed by atoms with Gasteiger partial charge in [-0.3, -0.25) is 19.7 Å². The maximum absolute atomic E-state index is 12.5. The van der Waals surface area contributed by atoms with Gasteiger partial charge in [0, 0.05) is 35.3 Å². The second-order valence-corrected chi connectivity index (χ2v) is 6.23. The summed E-state index contributed by atoms with van der Waals surface area (Å²) >= 11 is 5.96. The third-order valence-electron chi connectivity index (χ3n) is 4.24. The van der Waals surface area contributed by atoms with Gasteiger partial charge in [0.05, 0.1) is 17.0 Å². The molecule has 1 unspecified atom stereocenters. The van der Waals surface area contributed by atoms with E-state index in [-0.39, 0.29) is 16.8 Å². The van der Waals surface area contributed by atoms with E-state index in [1.54, 1.807) is 12.1 Å². The number of nitrogens with zero attached hydrogens (tertiary/aromatic N) is 2. The fraction of sp³-hybridized carbons (Fsp3) is 0.176. The minimum absolute atomic E-state index is 0.149. The fourth-order valence-corrected chi connectivity index (χ4v) is 3.08. The Morgan fingerprint density at radius 3 is 2.52 bits per heavy atom. The molecule has 25 heavy (non-hydrogen) atoms. The number of carbonyl (C=O) groups excluding carboxylic acids is 2. The highest BCUT2D eigenvalue weighted by atomic mass is 35.5. The Bertz CT molecular complexity index is 896. The molecule has 128 valence electrons. The number of benzene rings is 2. The molecule has 1 heterocycles. The number of hydrogen-bond acceptors (Lipinski definition) is 5. The third kappa shape index (κ3) is 2.77. The number of likely N-dealkylation sites (N-methyl/N-ethyl adjacent to an activating group) is 1. The number of aliphatic hydroxyl groups is 1. The van der Waals surface area contributed by atoms with Crippen molar-refractivity contribution in [1.82, 2.24) is 0 Å². The lowest BCUT2D eigenvalue weighted by atomic mass is 9.88. The fourth-order valence-electron chi connectivity index (χ4n) is 2.91. The Kier molecular flexibility index (Phi) is 4.06. The molecule has 0 saturated carbocycles. The molecule has 2 aromatic carbocycles. The molecule has 8 heteroatoms. The Morgan fingerprint density at radius 2 is 1.92 bits per heavy atom. The molecule has 1 aliphatic rings. The van der Waals surface area contributed by atoms with Gasteiger partial charge >= 0.3 is 0 Å². The lowest BCUT2D eigenvalue weighted by Gasteiger charge is -2.21. The van der Waals surface area contributed by atoms with Crippen molar-refractivity contribution in [2.45, 2.75) is 12.0 Å². The molecular weight excluding hydrogens is 348 g/mol. The van der Waals surface area contributed by atoms with Gasteiger partial charge in [-0.1, -0.05) is 11.6 Å². The lowest BCUT2D eigenvalue weighted by Crippen LogP contribution is -2.40. The van der Waals surface area contributed by atoms with Gasteiger partial charge in [-0.2, -0.15) is 0 Å². The number of carbonyl (C=O) groups is 2. The first kappa shape index (κ1) is 17.1. The zero-order valence-electron chi connectivity index (χ0n) is 13.1. The van der Waals surface area contributed by atoms with Crippen LogP contribution in [0.25, 0.3) is 0 Å². The first-order valence-electron chi connectivity index (χ1n) is 7.32. The number of fused-ring (bicyclic) bond motifs is 1. The number of rotatable bonds is 4. The predicted octanol–water partition coefficient (Wildman–Crippen LogP) is 2.69. The van der Waals surface area contributed by atoms with Crippen LogP contribution in [0.4, 0.5) is 11.4 Å². The summed E-state index contributed by atoms with van der Waals surface area (Å²) < 4.78 is 0. The maximum atomic E-state index is 12.5. The quantitative estimate of drug-likeness (QED) is 0.513. The standard InChI is InChI=1S/C17H13ClN2O5/c1-19-14-7-4-11(18)8-13(14)17(23,16(19)22)9-15(21)10-2-5-12(6-3-10)20(24)25/h2-8,23H,9H2,1H3. The maximum Gasteiger partial charge on any atom is 0.269 e. The number of Topliss-reactive ketones (excluding diaryl/α,β-unsaturated/α-hetero) is 1. The summed E-state index contributed by atoms with van der Waals surface area (Å²) in [4.78, 5) is 36.4. The second kappa shape index (κ2) is 5.94. The van der Waals surface area contributed by atoms with Crippen LogP contribution >= 0.6 is 11.6 Å². The lowest BCUT2D eigenvalue weighted by molar-refractivity contribution is -0.384. The molecule has 0 fully saturated rings. The van der Waals surface area contributed by atoms with Crippen molar-refractivity contribution in [3.05, 3.63) is 68.7 Å². The monoisotopic (exact) mass is 360 g/mol. The van der Waals surface area contributed by atoms with E-state index < -0.39 is 28.6 Å². The van der Waals surface area contributed by atoms with E-state index in [0.717, 1.165) is 0 Å². The summed E-state index contributed by atoms with van der Waals surface area (Å²) in [7, 11) is 1.50. The van der Waals surface area contributed by atoms with E-state index in [0.29, 0.717) is 10.7 Å². The van der Waals surface area contributed by atoms with Crippen molar-refractivity contribution in [2.75, 3.05) is 11.9 Å². The summed E-state index contributed by atoms with van der Waals surface area (Å²) in [6, 6.07) is 9.65. The van der Waals surface area contributed by atoms with Gasteiger partial charge in [0.1, 0.15) is 0 Å². The molecule has 2 aromatic rings. The van der Waals surface area contributed by atoms with Gasteiger partial charge < -0.3 is 10.0 Å². The number of amides is 1. The molecule has 1 amide bonds. The molecule has 0 aliphatic carbocycles. The van der Waals surface area contributed by atoms with E-state index >= 15 is 0 Å². The van der Waals surface area contributed by atoms with Crippen LogP contribution in [0.3, 0.4) is 0 Å². The van der Waals surface area contributed by atoms with Crippen molar-refractivity contribution in [2.24, 2.45) is 0 Å². The van der Waals surface area contributed by atoms with Gasteiger partial charge in [-0.05, 0) is 30.3 Å². The Labute approximate surface area is 147 Å². The highest BCUT2D eigenvalue weighted by Crippen LogP contribution is 2.43. The highest BCUT2D eigenvalue weighted by molar-refractivity contribution is 6.31. The number of ketones is 1. The molecule has 0 saturated heterocycles. The molecule has 1 aliphatic heterocycles. The van der Waals surface area contributed by atoms with Crippen LogP contribution in [-0.2, 0) is 10.4 Å². The van der Waals surface area contributed by atoms with Crippen LogP contribution in [0.2, 0.25) is 5.02 Å². The van der Waals surface area contributed by atoms with Crippen LogP contribution in [0.1, 0.15) is 22.3 Å². The van der Waals surface area contributed by atoms with Crippen molar-refractivity contribution in [3.8, 4) is 0 Å². The predicted molar refractivity (Wildman–Crippen MR) is 90.8 cm³/mol. The van der Waals surface area contributed by atoms with Gasteiger partial charge in [0.2, 0.25) is 0 Å². The zero-order valence-corrected chi connectivity index (χ0v) is 13.9. The number of anilines is 1. The van der Waals surface area contributed by atoms with E-state index in [1.807, 2.05) is 0 Å². The smallest absolute Gasteiger partial charge is 0.269 e. The first-order chi connectivity index (χ1) is 11.7. The molecule has 0 aromatic heterocycles. The SMILES string of the molecule is CN1C(=O)C(O)(CC(=O)c2ccc([N+](=O)[O-])cc2)c2cc(Cl)ccc21. The number of non-ortho nitro benzene ring substituents is 1. The van der Waals surface area contributed by atoms with Crippen LogP contribution in [0, 0.1) is 10.1 Å². The van der Waals surface area contributed by atoms with E-state index in [1.165, 1.54) is 42.3 Å². The van der Waals surface area contributed by atoms with Crippen molar-refractivity contribution >= 4 is 34.7 Å². The molecule has 1 N–H and O–H groups in total. The zero-order chi connectivity index (χ0) is 18.4. The van der Waals surface area contributed by atoms with E-state index in [2.05, 4.69) is 0 Å². The molecule has 3 rings (SSSR count). The summed E-state index contributed by atoms with van der Waals surface area (Å²) in [5.41, 5.74) is -1.25. The minimum Gasteiger partial charge on any atom is -0.375 e. The van der Waals surface area contributed by atoms with E-state index in [9.17, 15) is 24.8 Å². The van der Waals surface area contributed by atoms with Crippen molar-refractivity contribution < 1.29 is 19.6 Å². The number of nitro groups is 1. The summed E-state index contributed by atoms with van der Waals surface area (Å²) in [5.74, 6) is -1.13. The van der Waals surface area contributed by atoms with Gasteiger partial charge in [0.25, 0.3) is 11.6 Å². The second-order valence-electron chi connectivity index (χ2n) is 5.79. The van der Waals surface area contributed by atoms with Crippen LogP contribution in [0.15, 0.2) is 42.5 Å². The summed E-state index contributed by atoms with van der Waals surface area (Å²) in [6.07, 6.45) is -0.485. The van der Waals surface area contributed by atoms with Crippen molar-refractivity contribution in [1.29, 1.82) is 0 Å². The van der Waals surface area contributed by atoms with E-state index in [4.69, 9.17) is 11.6 Å². The van der Waals surface area contributed by atoms with Crippen LogP contribution in [-0.4, -0.2) is 28.8 Å². The summed E-state index contributed by atoms with van der Waals surface area (Å²) in [5, 5.41) is 21.9. The topological polar surface area (TPSA) is 101 Å². The summed E-state index contributed by atoms with van der Waals surface area (Å²) in [6.45, 7) is 0. The Hall–Kier alpha value is -2.77. The normalized spacial score (nSPS) is 19.0. The molecule has 0 radical (unpaired) electrons. The molecule has 1 atom stereocenters. The van der Waals surface area contributed by atoms with Crippen LogP contribution in [0.5, 0.6) is 0 Å². The average Bonchev–Trinajstić information content (AvgIpc) is 2.76. The molecular formula is C17H13ClN2O5. The van der Waals surface area contributed by atoms with Gasteiger partial charge in [-0.15, -0.1) is 0 Å². The largest absolute Gasteiger partial charge is 0.375 e. The van der Waals surface area contributed by atoms with Crippen LogP contribution < -0.4 is 4.90 Å². The molecule has 0 bridgehead atoms. The van der Waals surface area contributed by atoms with Gasteiger partial charge in [-0.25, -0.2) is 0 Å². The van der Waals surface area contributed by atoms with Crippen molar-refractivity contribution in [3.63, 3.8) is 0 Å². The number of nitro benzene ring substituents is 1. The minimum atomic E-state index is -2.02. The Morgan fingerprint density at radius 1 is 1.28 bits per heavy atom. The number of halogens is 1. The van der Waals surface area contributed by atoms with Gasteiger partial charge in [0.15, 0.2) is 11.4 Å². The number of hydrogen-bond donors (Lipinski definition) is 1. The average molecular weight is 361 g/mol. The molecule has 0 spiro atoms. The molecule has 7 nitrogen and oxygen atoms in total. The first-order valence-corrected chi connectivity index (χ1v) is 7.70.